The van der Waals surface area contributed by atoms with Crippen LogP contribution in [0.25, 0.3) is 0 Å². The van der Waals surface area contributed by atoms with Gasteiger partial charge in [-0.1, -0.05) is 0 Å². The van der Waals surface area contributed by atoms with E-state index in [4.69, 9.17) is 0 Å². The first kappa shape index (κ1) is 19.3. The van der Waals surface area contributed by atoms with Crippen LogP contribution >= 0.6 is 0 Å². The van der Waals surface area contributed by atoms with E-state index in [1.54, 1.807) is 4.90 Å². The van der Waals surface area contributed by atoms with Gasteiger partial charge in [0.2, 0.25) is 0 Å². The molecule has 1 aromatic heterocycles. The van der Waals surface area contributed by atoms with Gasteiger partial charge in [-0.25, -0.2) is 0 Å². The molecular weight excluding hydrogens is 415 g/mol. The van der Waals surface area contributed by atoms with Crippen LogP contribution in [0, 0.1) is 0 Å². The normalized spacial score (nSPS) is 22.5. The molecule has 1 fully saturated rings. The summed E-state index contributed by atoms with van der Waals surface area (Å²) < 4.78 is -0.188. The number of aryl methyl sites for hydroxylation is 1. The predicted molar refractivity (Wildman–Crippen MR) is 107 cm³/mol. The molecule has 2 heterocycles. The number of carbonyl (C=O) groups is 2. The van der Waals surface area contributed by atoms with Crippen molar-refractivity contribution in [2.75, 3.05) is 6.54 Å². The van der Waals surface area contributed by atoms with E-state index in [0.717, 1.165) is 37.7 Å². The van der Waals surface area contributed by atoms with E-state index >= 15 is 0 Å². The first-order valence-corrected chi connectivity index (χ1v) is 11.0. The maximum absolute atomic E-state index is 13.0. The van der Waals surface area contributed by atoms with E-state index in [2.05, 4.69) is 32.4 Å². The summed E-state index contributed by atoms with van der Waals surface area (Å²) in [4.78, 5) is 27.7. The van der Waals surface area contributed by atoms with E-state index in [1.807, 2.05) is 36.5 Å². The monoisotopic (exact) mass is 440 g/mol. The van der Waals surface area contributed by atoms with Gasteiger partial charge in [0.05, 0.1) is 0 Å². The Bertz CT molecular complexity index is 838. The molecule has 0 bridgehead atoms. The zero-order valence-electron chi connectivity index (χ0n) is 15.8. The molecule has 0 spiro atoms. The fraction of sp³-hybridized carbons (Fsp3) is 0.476. The molecule has 1 saturated heterocycles. The van der Waals surface area contributed by atoms with Gasteiger partial charge in [-0.3, -0.25) is 0 Å². The summed E-state index contributed by atoms with van der Waals surface area (Å²) in [5.74, 6) is 0.0458. The van der Waals surface area contributed by atoms with E-state index in [-0.39, 0.29) is 28.6 Å². The number of amides is 2. The molecule has 3 atom stereocenters. The number of hydrogen-bond acceptors (Lipinski definition) is 3. The number of nitrogens with one attached hydrogen (secondary N) is 2. The number of benzene rings is 1. The standard InChI is InChI=1S/C21H25AsN4O2/c22-17(11-14-5-2-1-3-6-14)21(28)26-10-4-7-19(26)20(27)24-16-8-9-18-15(12-16)13-23-25-18/h1-3,5-6,13,16-17,19H,4,7-12H2,(H,23,25)(H,24,27)/t16?,17-,19+/m1/s1. The second-order valence-corrected chi connectivity index (χ2v) is 9.03. The van der Waals surface area contributed by atoms with Crippen LogP contribution < -0.4 is 5.32 Å². The first-order chi connectivity index (χ1) is 13.6. The number of carbonyl (C=O) groups excluding carboxylic acids is 2. The van der Waals surface area contributed by atoms with Crippen LogP contribution in [0.2, 0.25) is 4.71 Å². The maximum atomic E-state index is 13.0. The third-order valence-electron chi connectivity index (χ3n) is 5.76. The number of aromatic nitrogens is 2. The Morgan fingerprint density at radius 3 is 2.93 bits per heavy atom. The zero-order chi connectivity index (χ0) is 19.5. The summed E-state index contributed by atoms with van der Waals surface area (Å²) in [7, 11) is 0. The first-order valence-electron chi connectivity index (χ1n) is 9.96. The molecule has 28 heavy (non-hydrogen) atoms. The van der Waals surface area contributed by atoms with Gasteiger partial charge in [0.15, 0.2) is 0 Å². The Kier molecular flexibility index (Phi) is 5.86. The fourth-order valence-corrected chi connectivity index (χ4v) is 5.01. The Labute approximate surface area is 174 Å². The van der Waals surface area contributed by atoms with Crippen LogP contribution in [0.3, 0.4) is 0 Å². The third-order valence-corrected chi connectivity index (χ3v) is 6.60. The summed E-state index contributed by atoms with van der Waals surface area (Å²) >= 11 is 2.49. The second kappa shape index (κ2) is 8.52. The van der Waals surface area contributed by atoms with Crippen molar-refractivity contribution in [1.29, 1.82) is 0 Å². The van der Waals surface area contributed by atoms with Crippen LogP contribution in [-0.2, 0) is 28.9 Å². The second-order valence-electron chi connectivity index (χ2n) is 7.72. The van der Waals surface area contributed by atoms with Crippen molar-refractivity contribution >= 4 is 28.7 Å². The molecule has 0 saturated carbocycles. The third kappa shape index (κ3) is 4.17. The van der Waals surface area contributed by atoms with Crippen LogP contribution in [0.15, 0.2) is 36.5 Å². The number of rotatable bonds is 5. The molecule has 2 N–H and O–H groups in total. The SMILES string of the molecule is O=C(NC1CCc2[nH]ncc2C1)[C@@H]1CCCN1C(=O)[C@H]([As])Cc1ccccc1. The molecule has 2 aromatic rings. The summed E-state index contributed by atoms with van der Waals surface area (Å²) in [6, 6.07) is 9.80. The molecule has 1 aliphatic carbocycles. The van der Waals surface area contributed by atoms with Gasteiger partial charge in [0, 0.05) is 0 Å². The van der Waals surface area contributed by atoms with Gasteiger partial charge in [-0.05, 0) is 0 Å². The average molecular weight is 440 g/mol. The molecule has 2 radical (unpaired) electrons. The molecule has 7 heteroatoms. The van der Waals surface area contributed by atoms with Crippen molar-refractivity contribution in [2.45, 2.75) is 55.3 Å². The van der Waals surface area contributed by atoms with Crippen LogP contribution in [0.1, 0.15) is 36.1 Å². The zero-order valence-corrected chi connectivity index (χ0v) is 17.7. The van der Waals surface area contributed by atoms with E-state index in [9.17, 15) is 9.59 Å². The average Bonchev–Trinajstić information content (AvgIpc) is 3.37. The number of nitrogens with zero attached hydrogens (tertiary/aromatic N) is 2. The minimum atomic E-state index is -0.347. The van der Waals surface area contributed by atoms with E-state index in [1.165, 1.54) is 11.3 Å². The Morgan fingerprint density at radius 1 is 1.29 bits per heavy atom. The molecule has 146 valence electrons. The van der Waals surface area contributed by atoms with Crippen molar-refractivity contribution < 1.29 is 9.59 Å². The molecule has 6 nitrogen and oxygen atoms in total. The molecule has 1 aromatic carbocycles. The summed E-state index contributed by atoms with van der Waals surface area (Å²) in [6.45, 7) is 0.663. The van der Waals surface area contributed by atoms with Gasteiger partial charge in [0.25, 0.3) is 0 Å². The van der Waals surface area contributed by atoms with Crippen LogP contribution in [-0.4, -0.2) is 62.4 Å². The van der Waals surface area contributed by atoms with Crippen molar-refractivity contribution in [1.82, 2.24) is 20.4 Å². The van der Waals surface area contributed by atoms with E-state index < -0.39 is 0 Å². The Balaban J connectivity index is 1.36. The molecule has 2 aliphatic rings. The number of H-pyrrole nitrogens is 1. The molecule has 1 aliphatic heterocycles. The van der Waals surface area contributed by atoms with Crippen molar-refractivity contribution in [3.8, 4) is 0 Å². The van der Waals surface area contributed by atoms with Gasteiger partial charge in [0.1, 0.15) is 0 Å². The van der Waals surface area contributed by atoms with Crippen molar-refractivity contribution in [3.63, 3.8) is 0 Å². The topological polar surface area (TPSA) is 78.1 Å². The number of fused-ring (bicyclic) bond motifs is 1. The van der Waals surface area contributed by atoms with Gasteiger partial charge in [-0.15, -0.1) is 0 Å². The van der Waals surface area contributed by atoms with Crippen molar-refractivity contribution in [3.05, 3.63) is 53.3 Å². The number of likely N-dealkylation sites (tertiary alicyclic amines) is 1. The fourth-order valence-electron chi connectivity index (χ4n) is 4.26. The minimum absolute atomic E-state index is 0.0118. The van der Waals surface area contributed by atoms with Crippen LogP contribution in [0.4, 0.5) is 0 Å². The number of hydrogen-bond donors (Lipinski definition) is 2. The summed E-state index contributed by atoms with van der Waals surface area (Å²) in [5.41, 5.74) is 3.50. The van der Waals surface area contributed by atoms with Gasteiger partial charge < -0.3 is 0 Å². The van der Waals surface area contributed by atoms with Crippen molar-refractivity contribution in [2.24, 2.45) is 0 Å². The number of aromatic amines is 1. The summed E-state index contributed by atoms with van der Waals surface area (Å²) in [6.07, 6.45) is 6.76. The summed E-state index contributed by atoms with van der Waals surface area (Å²) in [5, 5.41) is 10.3. The molecule has 2 amide bonds. The predicted octanol–water partition coefficient (Wildman–Crippen LogP) is 1.57. The Hall–Kier alpha value is -2.07. The van der Waals surface area contributed by atoms with Gasteiger partial charge >= 0.3 is 174 Å². The quantitative estimate of drug-likeness (QED) is 0.694. The molecular formula is C21H25AsN4O2. The van der Waals surface area contributed by atoms with E-state index in [0.29, 0.717) is 13.0 Å². The molecule has 1 unspecified atom stereocenters. The van der Waals surface area contributed by atoms with Gasteiger partial charge in [-0.2, -0.15) is 0 Å². The van der Waals surface area contributed by atoms with Crippen LogP contribution in [0.5, 0.6) is 0 Å². The Morgan fingerprint density at radius 2 is 2.11 bits per heavy atom. The molecule has 4 rings (SSSR count).